The molecule has 1 aliphatic heterocycles. The topological polar surface area (TPSA) is 72.5 Å². The zero-order chi connectivity index (χ0) is 17.6. The number of pyridine rings is 1. The van der Waals surface area contributed by atoms with E-state index in [1.54, 1.807) is 24.3 Å². The zero-order valence-electron chi connectivity index (χ0n) is 13.9. The maximum Gasteiger partial charge on any atom is 0.257 e. The van der Waals surface area contributed by atoms with Gasteiger partial charge >= 0.3 is 0 Å². The van der Waals surface area contributed by atoms with E-state index in [-0.39, 0.29) is 11.8 Å². The molecule has 0 aliphatic carbocycles. The molecule has 1 aromatic carbocycles. The molecule has 1 atom stereocenters. The molecule has 1 amide bonds. The lowest BCUT2D eigenvalue weighted by Crippen LogP contribution is -2.33. The van der Waals surface area contributed by atoms with Gasteiger partial charge in [0.15, 0.2) is 0 Å². The largest absolute Gasteiger partial charge is 0.478 e. The Hall–Kier alpha value is -2.51. The molecule has 6 nitrogen and oxygen atoms in total. The van der Waals surface area contributed by atoms with Gasteiger partial charge in [-0.25, -0.2) is 9.37 Å². The number of anilines is 1. The number of carbonyl (C=O) groups is 1. The van der Waals surface area contributed by atoms with Gasteiger partial charge in [0.25, 0.3) is 5.91 Å². The molecule has 132 valence electrons. The average molecular weight is 345 g/mol. The highest BCUT2D eigenvalue weighted by molar-refractivity contribution is 6.04. The predicted octanol–water partition coefficient (Wildman–Crippen LogP) is 2.53. The second-order valence-corrected chi connectivity index (χ2v) is 5.58. The molecule has 1 aromatic heterocycles. The number of nitrogens with zero attached hydrogens (tertiary/aromatic N) is 1. The lowest BCUT2D eigenvalue weighted by Gasteiger charge is -2.24. The summed E-state index contributed by atoms with van der Waals surface area (Å²) in [7, 11) is 0. The van der Waals surface area contributed by atoms with Crippen molar-refractivity contribution in [2.24, 2.45) is 0 Å². The molecule has 25 heavy (non-hydrogen) atoms. The van der Waals surface area contributed by atoms with Crippen LogP contribution in [0.1, 0.15) is 28.9 Å². The van der Waals surface area contributed by atoms with E-state index < -0.39 is 11.7 Å². The van der Waals surface area contributed by atoms with Crippen molar-refractivity contribution in [3.8, 4) is 5.88 Å². The van der Waals surface area contributed by atoms with Gasteiger partial charge in [-0.05, 0) is 30.7 Å². The summed E-state index contributed by atoms with van der Waals surface area (Å²) < 4.78 is 25.2. The normalized spacial score (nSPS) is 17.1. The number of amides is 1. The van der Waals surface area contributed by atoms with Crippen LogP contribution in [0.4, 0.5) is 10.1 Å². The van der Waals surface area contributed by atoms with Crippen molar-refractivity contribution in [2.45, 2.75) is 13.0 Å². The molecule has 0 radical (unpaired) electrons. The summed E-state index contributed by atoms with van der Waals surface area (Å²) in [4.78, 5) is 16.3. The summed E-state index contributed by atoms with van der Waals surface area (Å²) in [5.41, 5.74) is 1.18. The van der Waals surface area contributed by atoms with Crippen LogP contribution in [0.25, 0.3) is 0 Å². The minimum atomic E-state index is -0.501. The van der Waals surface area contributed by atoms with Crippen LogP contribution in [0.5, 0.6) is 5.88 Å². The lowest BCUT2D eigenvalue weighted by molar-refractivity contribution is 0.0275. The van der Waals surface area contributed by atoms with Gasteiger partial charge in [0, 0.05) is 25.4 Å². The van der Waals surface area contributed by atoms with E-state index in [2.05, 4.69) is 15.6 Å². The highest BCUT2D eigenvalue weighted by Gasteiger charge is 2.18. The average Bonchev–Trinajstić information content (AvgIpc) is 2.65. The number of ether oxygens (including phenoxy) is 2. The number of rotatable bonds is 5. The Kier molecular flexibility index (Phi) is 5.57. The van der Waals surface area contributed by atoms with E-state index in [0.29, 0.717) is 31.2 Å². The molecule has 2 N–H and O–H groups in total. The molecular weight excluding hydrogens is 325 g/mol. The first-order valence-electron chi connectivity index (χ1n) is 8.19. The maximum absolute atomic E-state index is 14.3. The fraction of sp³-hybridized carbons (Fsp3) is 0.333. The van der Waals surface area contributed by atoms with Crippen LogP contribution in [0, 0.1) is 5.82 Å². The number of nitrogens with one attached hydrogen (secondary N) is 2. The second kappa shape index (κ2) is 8.04. The number of halogens is 1. The number of aromatic nitrogens is 1. The van der Waals surface area contributed by atoms with Crippen LogP contribution < -0.4 is 15.4 Å². The second-order valence-electron chi connectivity index (χ2n) is 5.58. The number of carbonyl (C=O) groups excluding carboxylic acids is 1. The fourth-order valence-corrected chi connectivity index (χ4v) is 2.55. The minimum Gasteiger partial charge on any atom is -0.478 e. The Morgan fingerprint density at radius 3 is 2.96 bits per heavy atom. The van der Waals surface area contributed by atoms with E-state index in [1.165, 1.54) is 12.3 Å². The maximum atomic E-state index is 14.3. The third-order valence-electron chi connectivity index (χ3n) is 3.83. The van der Waals surface area contributed by atoms with Crippen molar-refractivity contribution < 1.29 is 18.7 Å². The molecule has 1 fully saturated rings. The highest BCUT2D eigenvalue weighted by Crippen LogP contribution is 2.24. The number of benzene rings is 1. The highest BCUT2D eigenvalue weighted by atomic mass is 19.1. The Morgan fingerprint density at radius 2 is 2.32 bits per heavy atom. The molecule has 7 heteroatoms. The van der Waals surface area contributed by atoms with Crippen molar-refractivity contribution >= 4 is 11.6 Å². The van der Waals surface area contributed by atoms with Gasteiger partial charge in [-0.15, -0.1) is 0 Å². The van der Waals surface area contributed by atoms with Gasteiger partial charge in [-0.1, -0.05) is 6.07 Å². The molecule has 0 saturated carbocycles. The molecule has 1 aliphatic rings. The van der Waals surface area contributed by atoms with Gasteiger partial charge in [-0.3, -0.25) is 4.79 Å². The van der Waals surface area contributed by atoms with Crippen molar-refractivity contribution in [3.05, 3.63) is 53.5 Å². The Labute approximate surface area is 145 Å². The van der Waals surface area contributed by atoms with E-state index in [9.17, 15) is 9.18 Å². The van der Waals surface area contributed by atoms with Gasteiger partial charge in [0.2, 0.25) is 5.88 Å². The van der Waals surface area contributed by atoms with Gasteiger partial charge in [0.05, 0.1) is 30.6 Å². The number of hydrogen-bond donors (Lipinski definition) is 2. The van der Waals surface area contributed by atoms with Crippen LogP contribution in [-0.4, -0.2) is 37.2 Å². The molecule has 0 spiro atoms. The molecule has 1 unspecified atom stereocenters. The third kappa shape index (κ3) is 4.32. The molecule has 2 aromatic rings. The number of morpholine rings is 1. The summed E-state index contributed by atoms with van der Waals surface area (Å²) in [5.74, 6) is -0.493. The van der Waals surface area contributed by atoms with E-state index in [4.69, 9.17) is 9.47 Å². The van der Waals surface area contributed by atoms with Gasteiger partial charge in [-0.2, -0.15) is 0 Å². The van der Waals surface area contributed by atoms with E-state index in [0.717, 1.165) is 12.1 Å². The fourth-order valence-electron chi connectivity index (χ4n) is 2.55. The van der Waals surface area contributed by atoms with Gasteiger partial charge < -0.3 is 20.1 Å². The van der Waals surface area contributed by atoms with Crippen molar-refractivity contribution in [1.29, 1.82) is 0 Å². The first kappa shape index (κ1) is 17.3. The van der Waals surface area contributed by atoms with Crippen molar-refractivity contribution in [3.63, 3.8) is 0 Å². The summed E-state index contributed by atoms with van der Waals surface area (Å²) in [6, 6.07) is 7.88. The molecule has 1 saturated heterocycles. The van der Waals surface area contributed by atoms with E-state index >= 15 is 0 Å². The molecule has 3 rings (SSSR count). The Bertz CT molecular complexity index is 731. The van der Waals surface area contributed by atoms with Crippen LogP contribution in [0.3, 0.4) is 0 Å². The quantitative estimate of drug-likeness (QED) is 0.871. The predicted molar refractivity (Wildman–Crippen MR) is 91.3 cm³/mol. The molecule has 2 heterocycles. The van der Waals surface area contributed by atoms with Gasteiger partial charge in [0.1, 0.15) is 5.82 Å². The first-order chi connectivity index (χ1) is 12.2. The van der Waals surface area contributed by atoms with Crippen LogP contribution in [0.2, 0.25) is 0 Å². The Morgan fingerprint density at radius 1 is 1.44 bits per heavy atom. The zero-order valence-corrected chi connectivity index (χ0v) is 13.9. The molecule has 0 bridgehead atoms. The Balaban J connectivity index is 1.68. The summed E-state index contributed by atoms with van der Waals surface area (Å²) in [6.07, 6.45) is 1.22. The SMILES string of the molecule is CCOc1ccc(C(=O)Nc2ccc(C3CNCCO3)cc2F)cn1. The summed E-state index contributed by atoms with van der Waals surface area (Å²) in [5, 5.41) is 5.76. The van der Waals surface area contributed by atoms with Crippen molar-refractivity contribution in [1.82, 2.24) is 10.3 Å². The van der Waals surface area contributed by atoms with E-state index in [1.807, 2.05) is 6.92 Å². The standard InChI is InChI=1S/C18H20FN3O3/c1-2-24-17-6-4-13(10-21-17)18(23)22-15-5-3-12(9-14(15)19)16-11-20-7-8-25-16/h3-6,9-10,16,20H,2,7-8,11H2,1H3,(H,22,23). The van der Waals surface area contributed by atoms with Crippen LogP contribution in [0.15, 0.2) is 36.5 Å². The monoisotopic (exact) mass is 345 g/mol. The minimum absolute atomic E-state index is 0.117. The smallest absolute Gasteiger partial charge is 0.257 e. The van der Waals surface area contributed by atoms with Crippen LogP contribution >= 0.6 is 0 Å². The lowest BCUT2D eigenvalue weighted by atomic mass is 10.1. The molecular formula is C18H20FN3O3. The summed E-state index contributed by atoms with van der Waals surface area (Å²) in [6.45, 7) is 4.38. The third-order valence-corrected chi connectivity index (χ3v) is 3.83. The van der Waals surface area contributed by atoms with Crippen molar-refractivity contribution in [2.75, 3.05) is 31.6 Å². The number of hydrogen-bond acceptors (Lipinski definition) is 5. The first-order valence-corrected chi connectivity index (χ1v) is 8.19. The summed E-state index contributed by atoms with van der Waals surface area (Å²) >= 11 is 0. The van der Waals surface area contributed by atoms with Crippen LogP contribution in [-0.2, 0) is 4.74 Å².